The molecule has 2 rings (SSSR count). The molecule has 0 atom stereocenters. The fourth-order valence-electron chi connectivity index (χ4n) is 2.52. The van der Waals surface area contributed by atoms with Gasteiger partial charge in [-0.1, -0.05) is 44.2 Å². The summed E-state index contributed by atoms with van der Waals surface area (Å²) in [5.74, 6) is 1.57. The maximum absolute atomic E-state index is 11.7. The van der Waals surface area contributed by atoms with E-state index in [-0.39, 0.29) is 11.8 Å². The molecule has 0 fully saturated rings. The largest absolute Gasteiger partial charge is 0.494 e. The highest BCUT2D eigenvalue weighted by Gasteiger charge is 2.07. The number of carbonyl (C=O) groups excluding carboxylic acids is 1. The molecule has 6 heteroatoms. The van der Waals surface area contributed by atoms with Crippen LogP contribution in [0.2, 0.25) is 0 Å². The Labute approximate surface area is 167 Å². The maximum Gasteiger partial charge on any atom is 0.226 e. The van der Waals surface area contributed by atoms with Crippen LogP contribution in [0.1, 0.15) is 31.9 Å². The first-order chi connectivity index (χ1) is 13.5. The number of rotatable bonds is 8. The number of guanidine groups is 1. The van der Waals surface area contributed by atoms with E-state index in [1.54, 1.807) is 7.05 Å². The Bertz CT molecular complexity index is 785. The molecule has 0 aliphatic rings. The molecular formula is C22H30N4O2. The summed E-state index contributed by atoms with van der Waals surface area (Å²) < 4.78 is 5.66. The second-order valence-corrected chi connectivity index (χ2v) is 6.66. The number of hydrogen-bond acceptors (Lipinski definition) is 3. The Kier molecular flexibility index (Phi) is 8.34. The van der Waals surface area contributed by atoms with Crippen molar-refractivity contribution in [2.24, 2.45) is 10.9 Å². The molecule has 0 spiro atoms. The van der Waals surface area contributed by atoms with Crippen LogP contribution < -0.4 is 20.7 Å². The van der Waals surface area contributed by atoms with Gasteiger partial charge in [0, 0.05) is 37.3 Å². The second-order valence-electron chi connectivity index (χ2n) is 6.66. The van der Waals surface area contributed by atoms with E-state index in [1.807, 2.05) is 69.3 Å². The number of anilines is 1. The predicted octanol–water partition coefficient (Wildman–Crippen LogP) is 3.55. The molecular weight excluding hydrogens is 352 g/mol. The predicted molar refractivity (Wildman–Crippen MR) is 115 cm³/mol. The van der Waals surface area contributed by atoms with Crippen LogP contribution in [0.4, 0.5) is 5.69 Å². The second kappa shape index (κ2) is 11.0. The third-order valence-corrected chi connectivity index (χ3v) is 4.15. The summed E-state index contributed by atoms with van der Waals surface area (Å²) in [7, 11) is 1.74. The Hall–Kier alpha value is -3.02. The molecule has 2 aromatic carbocycles. The molecule has 0 aromatic heterocycles. The average molecular weight is 383 g/mol. The van der Waals surface area contributed by atoms with E-state index in [4.69, 9.17) is 4.74 Å². The number of carbonyl (C=O) groups is 1. The zero-order chi connectivity index (χ0) is 20.4. The Morgan fingerprint density at radius 3 is 2.36 bits per heavy atom. The lowest BCUT2D eigenvalue weighted by Crippen LogP contribution is -2.36. The van der Waals surface area contributed by atoms with E-state index in [0.29, 0.717) is 25.7 Å². The smallest absolute Gasteiger partial charge is 0.226 e. The summed E-state index contributed by atoms with van der Waals surface area (Å²) in [6.45, 7) is 7.61. The Morgan fingerprint density at radius 1 is 1.04 bits per heavy atom. The molecule has 150 valence electrons. The number of hydrogen-bond donors (Lipinski definition) is 3. The molecule has 0 saturated carbocycles. The fourth-order valence-corrected chi connectivity index (χ4v) is 2.52. The van der Waals surface area contributed by atoms with Crippen LogP contribution in [0.5, 0.6) is 5.75 Å². The van der Waals surface area contributed by atoms with Crippen LogP contribution in [0, 0.1) is 5.92 Å². The topological polar surface area (TPSA) is 74.8 Å². The van der Waals surface area contributed by atoms with E-state index < -0.39 is 0 Å². The van der Waals surface area contributed by atoms with Crippen molar-refractivity contribution >= 4 is 17.6 Å². The van der Waals surface area contributed by atoms with Gasteiger partial charge in [0.25, 0.3) is 0 Å². The molecule has 0 aliphatic heterocycles. The van der Waals surface area contributed by atoms with E-state index >= 15 is 0 Å². The first-order valence-electron chi connectivity index (χ1n) is 9.58. The number of nitrogens with zero attached hydrogens (tertiary/aromatic N) is 1. The molecule has 1 amide bonds. The van der Waals surface area contributed by atoms with Gasteiger partial charge in [0.2, 0.25) is 5.91 Å². The number of aliphatic imine (C=N–C) groups is 1. The van der Waals surface area contributed by atoms with E-state index in [0.717, 1.165) is 22.6 Å². The SMILES string of the molecule is CCOc1ccccc1CNC(=NC)NCc1ccc(NC(=O)C(C)C)cc1. The highest BCUT2D eigenvalue weighted by Crippen LogP contribution is 2.17. The lowest BCUT2D eigenvalue weighted by Gasteiger charge is -2.14. The quantitative estimate of drug-likeness (QED) is 0.482. The molecule has 0 heterocycles. The molecule has 0 bridgehead atoms. The van der Waals surface area contributed by atoms with Gasteiger partial charge in [-0.15, -0.1) is 0 Å². The molecule has 2 aromatic rings. The lowest BCUT2D eigenvalue weighted by molar-refractivity contribution is -0.118. The van der Waals surface area contributed by atoms with Crippen molar-refractivity contribution in [3.8, 4) is 5.75 Å². The zero-order valence-corrected chi connectivity index (χ0v) is 17.1. The molecule has 3 N–H and O–H groups in total. The van der Waals surface area contributed by atoms with Gasteiger partial charge in [-0.25, -0.2) is 0 Å². The molecule has 0 aliphatic carbocycles. The summed E-state index contributed by atoms with van der Waals surface area (Å²) >= 11 is 0. The number of amides is 1. The number of para-hydroxylation sites is 1. The van der Waals surface area contributed by atoms with Crippen molar-refractivity contribution in [2.45, 2.75) is 33.9 Å². The van der Waals surface area contributed by atoms with Crippen LogP contribution in [-0.4, -0.2) is 25.5 Å². The summed E-state index contributed by atoms with van der Waals surface area (Å²) in [5, 5.41) is 9.49. The molecule has 0 radical (unpaired) electrons. The average Bonchev–Trinajstić information content (AvgIpc) is 2.70. The van der Waals surface area contributed by atoms with Crippen molar-refractivity contribution in [2.75, 3.05) is 19.0 Å². The monoisotopic (exact) mass is 382 g/mol. The van der Waals surface area contributed by atoms with Crippen LogP contribution in [0.3, 0.4) is 0 Å². The van der Waals surface area contributed by atoms with Gasteiger partial charge in [-0.05, 0) is 30.7 Å². The Balaban J connectivity index is 1.86. The fraction of sp³-hybridized carbons (Fsp3) is 0.364. The highest BCUT2D eigenvalue weighted by molar-refractivity contribution is 5.92. The molecule has 28 heavy (non-hydrogen) atoms. The molecule has 6 nitrogen and oxygen atoms in total. The first-order valence-corrected chi connectivity index (χ1v) is 9.58. The van der Waals surface area contributed by atoms with Crippen LogP contribution in [0.15, 0.2) is 53.5 Å². The summed E-state index contributed by atoms with van der Waals surface area (Å²) in [6.07, 6.45) is 0. The van der Waals surface area contributed by atoms with Crippen LogP contribution >= 0.6 is 0 Å². The van der Waals surface area contributed by atoms with Crippen molar-refractivity contribution in [3.05, 3.63) is 59.7 Å². The van der Waals surface area contributed by atoms with E-state index in [9.17, 15) is 4.79 Å². The normalized spacial score (nSPS) is 11.2. The minimum absolute atomic E-state index is 0.0165. The van der Waals surface area contributed by atoms with Crippen molar-refractivity contribution in [1.29, 1.82) is 0 Å². The summed E-state index contributed by atoms with van der Waals surface area (Å²) in [6, 6.07) is 15.8. The van der Waals surface area contributed by atoms with Crippen molar-refractivity contribution in [1.82, 2.24) is 10.6 Å². The molecule has 0 unspecified atom stereocenters. The minimum Gasteiger partial charge on any atom is -0.494 e. The molecule has 0 saturated heterocycles. The lowest BCUT2D eigenvalue weighted by atomic mass is 10.1. The standard InChI is InChI=1S/C22H30N4O2/c1-5-28-20-9-7-6-8-18(20)15-25-22(23-4)24-14-17-10-12-19(13-11-17)26-21(27)16(2)3/h6-13,16H,5,14-15H2,1-4H3,(H,26,27)(H2,23,24,25). The van der Waals surface area contributed by atoms with Gasteiger partial charge in [-0.2, -0.15) is 0 Å². The summed E-state index contributed by atoms with van der Waals surface area (Å²) in [4.78, 5) is 16.0. The van der Waals surface area contributed by atoms with Crippen molar-refractivity contribution in [3.63, 3.8) is 0 Å². The van der Waals surface area contributed by atoms with Crippen molar-refractivity contribution < 1.29 is 9.53 Å². The van der Waals surface area contributed by atoms with E-state index in [2.05, 4.69) is 20.9 Å². The number of nitrogens with one attached hydrogen (secondary N) is 3. The number of benzene rings is 2. The van der Waals surface area contributed by atoms with Gasteiger partial charge < -0.3 is 20.7 Å². The zero-order valence-electron chi connectivity index (χ0n) is 17.1. The van der Waals surface area contributed by atoms with Gasteiger partial charge in [0.1, 0.15) is 5.75 Å². The van der Waals surface area contributed by atoms with Crippen LogP contribution in [0.25, 0.3) is 0 Å². The van der Waals surface area contributed by atoms with Crippen LogP contribution in [-0.2, 0) is 17.9 Å². The minimum atomic E-state index is -0.0383. The van der Waals surface area contributed by atoms with Gasteiger partial charge >= 0.3 is 0 Å². The number of ether oxygens (including phenoxy) is 1. The summed E-state index contributed by atoms with van der Waals surface area (Å²) in [5.41, 5.74) is 2.98. The highest BCUT2D eigenvalue weighted by atomic mass is 16.5. The van der Waals surface area contributed by atoms with Gasteiger partial charge in [0.15, 0.2) is 5.96 Å². The first kappa shape index (κ1) is 21.3. The van der Waals surface area contributed by atoms with Gasteiger partial charge in [-0.3, -0.25) is 9.79 Å². The van der Waals surface area contributed by atoms with E-state index in [1.165, 1.54) is 0 Å². The third kappa shape index (κ3) is 6.61. The maximum atomic E-state index is 11.7. The third-order valence-electron chi connectivity index (χ3n) is 4.15. The Morgan fingerprint density at radius 2 is 1.71 bits per heavy atom. The van der Waals surface area contributed by atoms with Gasteiger partial charge in [0.05, 0.1) is 6.61 Å².